The lowest BCUT2D eigenvalue weighted by atomic mass is 9.99. The summed E-state index contributed by atoms with van der Waals surface area (Å²) in [7, 11) is 1.68. The highest BCUT2D eigenvalue weighted by molar-refractivity contribution is 5.79. The zero-order valence-electron chi connectivity index (χ0n) is 7.86. The highest BCUT2D eigenvalue weighted by Gasteiger charge is 2.47. The Bertz CT molecular complexity index is 214. The van der Waals surface area contributed by atoms with Crippen LogP contribution in [-0.2, 0) is 4.79 Å². The van der Waals surface area contributed by atoms with Gasteiger partial charge >= 0.3 is 0 Å². The number of aliphatic hydroxyl groups is 1. The molecule has 2 unspecified atom stereocenters. The van der Waals surface area contributed by atoms with Crippen molar-refractivity contribution in [3.63, 3.8) is 0 Å². The lowest BCUT2D eigenvalue weighted by Crippen LogP contribution is -2.54. The Morgan fingerprint density at radius 1 is 1.62 bits per heavy atom. The quantitative estimate of drug-likeness (QED) is 0.594. The van der Waals surface area contributed by atoms with E-state index in [0.717, 1.165) is 19.5 Å². The molecule has 0 aromatic carbocycles. The molecule has 2 atom stereocenters. The van der Waals surface area contributed by atoms with Crippen LogP contribution in [0.15, 0.2) is 0 Å². The molecule has 1 aliphatic heterocycles. The van der Waals surface area contributed by atoms with E-state index in [1.165, 1.54) is 0 Å². The van der Waals surface area contributed by atoms with Gasteiger partial charge in [0.05, 0.1) is 5.92 Å². The van der Waals surface area contributed by atoms with Gasteiger partial charge in [0.15, 0.2) is 0 Å². The molecule has 1 saturated heterocycles. The smallest absolute Gasteiger partial charge is 0.225 e. The number of hydrogen-bond acceptors (Lipinski definition) is 3. The number of carbonyl (C=O) groups excluding carboxylic acids is 1. The van der Waals surface area contributed by atoms with Gasteiger partial charge < -0.3 is 10.4 Å². The fourth-order valence-electron chi connectivity index (χ4n) is 2.03. The average Bonchev–Trinajstić information content (AvgIpc) is 2.81. The summed E-state index contributed by atoms with van der Waals surface area (Å²) >= 11 is 0. The van der Waals surface area contributed by atoms with E-state index in [2.05, 4.69) is 10.2 Å². The monoisotopic (exact) mass is 184 g/mol. The third-order valence-corrected chi connectivity index (χ3v) is 3.12. The molecule has 2 rings (SSSR count). The molecule has 1 amide bonds. The molecule has 1 saturated carbocycles. The van der Waals surface area contributed by atoms with Crippen LogP contribution in [-0.4, -0.2) is 48.7 Å². The van der Waals surface area contributed by atoms with Crippen molar-refractivity contribution in [3.05, 3.63) is 0 Å². The molecular weight excluding hydrogens is 168 g/mol. The van der Waals surface area contributed by atoms with Crippen LogP contribution in [0.25, 0.3) is 0 Å². The maximum Gasteiger partial charge on any atom is 0.225 e. The summed E-state index contributed by atoms with van der Waals surface area (Å²) in [6, 6.07) is 0.561. The summed E-state index contributed by atoms with van der Waals surface area (Å²) in [5.41, 5.74) is 0. The van der Waals surface area contributed by atoms with E-state index in [4.69, 9.17) is 5.11 Å². The first-order chi connectivity index (χ1) is 6.26. The third kappa shape index (κ3) is 1.56. The molecule has 0 radical (unpaired) electrons. The van der Waals surface area contributed by atoms with Gasteiger partial charge in [0.2, 0.25) is 5.91 Å². The Kier molecular flexibility index (Phi) is 2.26. The minimum Gasteiger partial charge on any atom is -0.396 e. The predicted molar refractivity (Wildman–Crippen MR) is 48.1 cm³/mol. The van der Waals surface area contributed by atoms with Crippen LogP contribution < -0.4 is 5.32 Å². The normalized spacial score (nSPS) is 34.0. The first-order valence-electron chi connectivity index (χ1n) is 4.82. The maximum absolute atomic E-state index is 11.1. The molecule has 2 aliphatic rings. The number of likely N-dealkylation sites (tertiary alicyclic amines) is 1. The highest BCUT2D eigenvalue weighted by Crippen LogP contribution is 2.38. The Morgan fingerprint density at radius 3 is 2.77 bits per heavy atom. The van der Waals surface area contributed by atoms with Gasteiger partial charge in [-0.2, -0.15) is 0 Å². The maximum atomic E-state index is 11.1. The molecule has 0 bridgehead atoms. The van der Waals surface area contributed by atoms with Crippen molar-refractivity contribution < 1.29 is 9.90 Å². The van der Waals surface area contributed by atoms with Crippen LogP contribution in [0, 0.1) is 11.8 Å². The lowest BCUT2D eigenvalue weighted by Gasteiger charge is -2.38. The van der Waals surface area contributed by atoms with Crippen LogP contribution in [0.3, 0.4) is 0 Å². The van der Waals surface area contributed by atoms with Gasteiger partial charge in [0.25, 0.3) is 0 Å². The Hall–Kier alpha value is -0.610. The number of hydrogen-bond donors (Lipinski definition) is 2. The Balaban J connectivity index is 1.71. The predicted octanol–water partition coefficient (Wildman–Crippen LogP) is -0.955. The second-order valence-corrected chi connectivity index (χ2v) is 4.01. The number of aliphatic hydroxyl groups excluding tert-OH is 1. The number of amides is 1. The van der Waals surface area contributed by atoms with Crippen molar-refractivity contribution in [1.82, 2.24) is 10.2 Å². The molecule has 0 aromatic rings. The van der Waals surface area contributed by atoms with E-state index in [9.17, 15) is 4.79 Å². The Morgan fingerprint density at radius 2 is 2.31 bits per heavy atom. The summed E-state index contributed by atoms with van der Waals surface area (Å²) in [4.78, 5) is 13.4. The van der Waals surface area contributed by atoms with Crippen LogP contribution in [0.4, 0.5) is 0 Å². The molecular formula is C9H16N2O2. The van der Waals surface area contributed by atoms with E-state index >= 15 is 0 Å². The summed E-state index contributed by atoms with van der Waals surface area (Å²) < 4.78 is 0. The van der Waals surface area contributed by atoms with Gasteiger partial charge in [0.1, 0.15) is 0 Å². The lowest BCUT2D eigenvalue weighted by molar-refractivity contribution is -0.130. The molecule has 0 aromatic heterocycles. The first kappa shape index (κ1) is 8.97. The Labute approximate surface area is 77.9 Å². The van der Waals surface area contributed by atoms with E-state index in [0.29, 0.717) is 18.6 Å². The molecule has 4 nitrogen and oxygen atoms in total. The molecule has 4 heteroatoms. The minimum absolute atomic E-state index is 0.150. The summed E-state index contributed by atoms with van der Waals surface area (Å²) in [6.45, 7) is 2.05. The minimum atomic E-state index is 0.150. The van der Waals surface area contributed by atoms with Gasteiger partial charge in [-0.25, -0.2) is 0 Å². The molecule has 13 heavy (non-hydrogen) atoms. The van der Waals surface area contributed by atoms with Crippen molar-refractivity contribution in [2.45, 2.75) is 12.5 Å². The van der Waals surface area contributed by atoms with Gasteiger partial charge in [0, 0.05) is 32.8 Å². The largest absolute Gasteiger partial charge is 0.396 e. The summed E-state index contributed by atoms with van der Waals surface area (Å²) in [5, 5.41) is 11.5. The highest BCUT2D eigenvalue weighted by atomic mass is 16.3. The third-order valence-electron chi connectivity index (χ3n) is 3.12. The topological polar surface area (TPSA) is 52.6 Å². The SMILES string of the molecule is CNC(=O)C1CN(C2CC2CO)C1. The molecule has 2 fully saturated rings. The van der Waals surface area contributed by atoms with E-state index in [1.807, 2.05) is 0 Å². The molecule has 2 N–H and O–H groups in total. The summed E-state index contributed by atoms with van der Waals surface area (Å²) in [6.07, 6.45) is 1.11. The number of nitrogens with zero attached hydrogens (tertiary/aromatic N) is 1. The van der Waals surface area contributed by atoms with Crippen molar-refractivity contribution in [3.8, 4) is 0 Å². The second-order valence-electron chi connectivity index (χ2n) is 4.01. The zero-order chi connectivity index (χ0) is 9.42. The van der Waals surface area contributed by atoms with Crippen LogP contribution in [0.1, 0.15) is 6.42 Å². The van der Waals surface area contributed by atoms with Crippen LogP contribution in [0.5, 0.6) is 0 Å². The van der Waals surface area contributed by atoms with Crippen LogP contribution in [0.2, 0.25) is 0 Å². The van der Waals surface area contributed by atoms with Crippen molar-refractivity contribution in [1.29, 1.82) is 0 Å². The molecule has 1 aliphatic carbocycles. The van der Waals surface area contributed by atoms with E-state index in [-0.39, 0.29) is 11.8 Å². The second kappa shape index (κ2) is 3.27. The van der Waals surface area contributed by atoms with E-state index in [1.54, 1.807) is 7.05 Å². The van der Waals surface area contributed by atoms with Gasteiger partial charge in [-0.05, 0) is 12.3 Å². The van der Waals surface area contributed by atoms with E-state index < -0.39 is 0 Å². The first-order valence-corrected chi connectivity index (χ1v) is 4.82. The number of nitrogens with one attached hydrogen (secondary N) is 1. The standard InChI is InChI=1S/C9H16N2O2/c1-10-9(13)7-3-11(4-7)8-2-6(8)5-12/h6-8,12H,2-5H2,1H3,(H,10,13). The fraction of sp³-hybridized carbons (Fsp3) is 0.889. The number of carbonyl (C=O) groups is 1. The van der Waals surface area contributed by atoms with Crippen molar-refractivity contribution in [2.75, 3.05) is 26.7 Å². The molecule has 74 valence electrons. The van der Waals surface area contributed by atoms with Crippen LogP contribution >= 0.6 is 0 Å². The summed E-state index contributed by atoms with van der Waals surface area (Å²) in [5.74, 6) is 0.813. The average molecular weight is 184 g/mol. The molecule has 1 heterocycles. The van der Waals surface area contributed by atoms with Gasteiger partial charge in [-0.3, -0.25) is 9.69 Å². The van der Waals surface area contributed by atoms with Crippen molar-refractivity contribution in [2.24, 2.45) is 11.8 Å². The fourth-order valence-corrected chi connectivity index (χ4v) is 2.03. The molecule has 0 spiro atoms. The van der Waals surface area contributed by atoms with Gasteiger partial charge in [-0.1, -0.05) is 0 Å². The van der Waals surface area contributed by atoms with Crippen molar-refractivity contribution >= 4 is 5.91 Å². The van der Waals surface area contributed by atoms with Gasteiger partial charge in [-0.15, -0.1) is 0 Å². The number of rotatable bonds is 3. The zero-order valence-corrected chi connectivity index (χ0v) is 7.86.